The van der Waals surface area contributed by atoms with E-state index < -0.39 is 0 Å². The second-order valence-electron chi connectivity index (χ2n) is 5.06. The third-order valence-corrected chi connectivity index (χ3v) is 3.29. The van der Waals surface area contributed by atoms with Gasteiger partial charge in [0.15, 0.2) is 0 Å². The fourth-order valence-electron chi connectivity index (χ4n) is 2.27. The van der Waals surface area contributed by atoms with Crippen LogP contribution in [0.3, 0.4) is 0 Å². The predicted molar refractivity (Wildman–Crippen MR) is 47.4 cm³/mol. The highest BCUT2D eigenvalue weighted by atomic mass is 15.2. The Balaban J connectivity index is 1.95. The minimum atomic E-state index is 0.299. The van der Waals surface area contributed by atoms with Crippen molar-refractivity contribution in [3.63, 3.8) is 0 Å². The van der Waals surface area contributed by atoms with Crippen molar-refractivity contribution in [3.8, 4) is 6.07 Å². The van der Waals surface area contributed by atoms with E-state index in [0.717, 1.165) is 13.1 Å². The summed E-state index contributed by atoms with van der Waals surface area (Å²) in [6.07, 6.45) is 0. The van der Waals surface area contributed by atoms with E-state index in [4.69, 9.17) is 5.26 Å². The number of hydrogen-bond acceptors (Lipinski definition) is 2. The fourth-order valence-corrected chi connectivity index (χ4v) is 2.27. The lowest BCUT2D eigenvalue weighted by Crippen LogP contribution is -2.41. The van der Waals surface area contributed by atoms with Crippen molar-refractivity contribution in [2.45, 2.75) is 26.3 Å². The van der Waals surface area contributed by atoms with Crippen LogP contribution >= 0.6 is 0 Å². The molecule has 1 aliphatic carbocycles. The van der Waals surface area contributed by atoms with E-state index >= 15 is 0 Å². The summed E-state index contributed by atoms with van der Waals surface area (Å²) in [6, 6.07) is 2.39. The number of nitrogens with zero attached hydrogens (tertiary/aromatic N) is 2. The molecule has 66 valence electrons. The molecule has 2 unspecified atom stereocenters. The number of rotatable bonds is 0. The van der Waals surface area contributed by atoms with Gasteiger partial charge in [-0.1, -0.05) is 0 Å². The van der Waals surface area contributed by atoms with Gasteiger partial charge in [-0.2, -0.15) is 5.26 Å². The van der Waals surface area contributed by atoms with Crippen LogP contribution in [0, 0.1) is 29.1 Å². The summed E-state index contributed by atoms with van der Waals surface area (Å²) in [5.74, 6) is 1.80. The molecule has 0 radical (unpaired) electrons. The molecule has 0 N–H and O–H groups in total. The summed E-state index contributed by atoms with van der Waals surface area (Å²) in [5, 5.41) is 8.73. The average molecular weight is 164 g/mol. The largest absolute Gasteiger partial charge is 0.298 e. The minimum Gasteiger partial charge on any atom is -0.298 e. The standard InChI is InChI=1S/C10H16N2/c1-10(2,3)12-5-8-7(4-11)9(8)6-12/h7-9H,5-6H2,1-3H3. The number of piperidine rings is 1. The molecule has 0 amide bonds. The molecular formula is C10H16N2. The third kappa shape index (κ3) is 1.04. The molecule has 2 rings (SSSR count). The van der Waals surface area contributed by atoms with Gasteiger partial charge in [-0.25, -0.2) is 0 Å². The summed E-state index contributed by atoms with van der Waals surface area (Å²) < 4.78 is 0. The highest BCUT2D eigenvalue weighted by Crippen LogP contribution is 2.52. The first-order valence-corrected chi connectivity index (χ1v) is 4.68. The highest BCUT2D eigenvalue weighted by Gasteiger charge is 2.57. The smallest absolute Gasteiger partial charge is 0.0662 e. The maximum Gasteiger partial charge on any atom is 0.0662 e. The Morgan fingerprint density at radius 3 is 2.08 bits per heavy atom. The van der Waals surface area contributed by atoms with Gasteiger partial charge in [0.05, 0.1) is 12.0 Å². The lowest BCUT2D eigenvalue weighted by atomic mass is 10.1. The van der Waals surface area contributed by atoms with Gasteiger partial charge in [0, 0.05) is 18.6 Å². The Morgan fingerprint density at radius 2 is 1.75 bits per heavy atom. The molecule has 1 heterocycles. The Bertz CT molecular complexity index is 221. The van der Waals surface area contributed by atoms with Gasteiger partial charge >= 0.3 is 0 Å². The molecule has 1 aliphatic heterocycles. The lowest BCUT2D eigenvalue weighted by Gasteiger charge is -2.33. The van der Waals surface area contributed by atoms with Crippen molar-refractivity contribution in [2.75, 3.05) is 13.1 Å². The van der Waals surface area contributed by atoms with Crippen LogP contribution in [0.25, 0.3) is 0 Å². The van der Waals surface area contributed by atoms with E-state index in [1.807, 2.05) is 0 Å². The van der Waals surface area contributed by atoms with Crippen molar-refractivity contribution in [1.82, 2.24) is 4.90 Å². The first-order valence-electron chi connectivity index (χ1n) is 4.68. The van der Waals surface area contributed by atoms with Crippen LogP contribution in [0.2, 0.25) is 0 Å². The summed E-state index contributed by atoms with van der Waals surface area (Å²) in [6.45, 7) is 9.04. The van der Waals surface area contributed by atoms with E-state index in [-0.39, 0.29) is 0 Å². The molecule has 0 spiro atoms. The minimum absolute atomic E-state index is 0.299. The molecule has 1 saturated heterocycles. The second-order valence-corrected chi connectivity index (χ2v) is 5.06. The summed E-state index contributed by atoms with van der Waals surface area (Å²) in [4.78, 5) is 2.50. The van der Waals surface area contributed by atoms with Crippen LogP contribution in [-0.4, -0.2) is 23.5 Å². The van der Waals surface area contributed by atoms with Gasteiger partial charge in [-0.05, 0) is 32.6 Å². The Kier molecular flexibility index (Phi) is 1.50. The van der Waals surface area contributed by atoms with Gasteiger partial charge < -0.3 is 0 Å². The van der Waals surface area contributed by atoms with E-state index in [2.05, 4.69) is 31.7 Å². The van der Waals surface area contributed by atoms with Crippen LogP contribution in [0.5, 0.6) is 0 Å². The molecule has 0 aromatic carbocycles. The van der Waals surface area contributed by atoms with E-state index in [9.17, 15) is 0 Å². The molecule has 2 atom stereocenters. The van der Waals surface area contributed by atoms with Gasteiger partial charge in [0.1, 0.15) is 0 Å². The van der Waals surface area contributed by atoms with Gasteiger partial charge in [0.25, 0.3) is 0 Å². The van der Waals surface area contributed by atoms with E-state index in [1.165, 1.54) is 0 Å². The zero-order valence-corrected chi connectivity index (χ0v) is 8.04. The molecule has 2 aliphatic rings. The van der Waals surface area contributed by atoms with Crippen LogP contribution in [-0.2, 0) is 0 Å². The molecule has 12 heavy (non-hydrogen) atoms. The quantitative estimate of drug-likeness (QED) is 0.542. The van der Waals surface area contributed by atoms with Crippen LogP contribution < -0.4 is 0 Å². The Hall–Kier alpha value is -0.550. The van der Waals surface area contributed by atoms with Gasteiger partial charge in [-0.15, -0.1) is 0 Å². The first-order chi connectivity index (χ1) is 5.54. The maximum absolute atomic E-state index is 8.73. The number of nitriles is 1. The van der Waals surface area contributed by atoms with Crippen molar-refractivity contribution in [1.29, 1.82) is 5.26 Å². The summed E-state index contributed by atoms with van der Waals surface area (Å²) >= 11 is 0. The molecule has 0 aromatic rings. The molecule has 0 aromatic heterocycles. The van der Waals surface area contributed by atoms with Crippen LogP contribution in [0.4, 0.5) is 0 Å². The first kappa shape index (κ1) is 8.07. The van der Waals surface area contributed by atoms with Crippen molar-refractivity contribution in [2.24, 2.45) is 17.8 Å². The second kappa shape index (κ2) is 2.23. The highest BCUT2D eigenvalue weighted by molar-refractivity contribution is 5.15. The predicted octanol–water partition coefficient (Wildman–Crippen LogP) is 1.49. The monoisotopic (exact) mass is 164 g/mol. The normalized spacial score (nSPS) is 40.7. The summed E-state index contributed by atoms with van der Waals surface area (Å²) in [7, 11) is 0. The third-order valence-electron chi connectivity index (χ3n) is 3.29. The zero-order chi connectivity index (χ0) is 8.93. The van der Waals surface area contributed by atoms with Crippen molar-refractivity contribution < 1.29 is 0 Å². The SMILES string of the molecule is CC(C)(C)N1CC2C(C#N)C2C1. The molecule has 2 fully saturated rings. The topological polar surface area (TPSA) is 27.0 Å². The van der Waals surface area contributed by atoms with Crippen molar-refractivity contribution >= 4 is 0 Å². The zero-order valence-electron chi connectivity index (χ0n) is 8.04. The number of fused-ring (bicyclic) bond motifs is 1. The van der Waals surface area contributed by atoms with Crippen LogP contribution in [0.1, 0.15) is 20.8 Å². The number of hydrogen-bond donors (Lipinski definition) is 0. The van der Waals surface area contributed by atoms with Crippen molar-refractivity contribution in [3.05, 3.63) is 0 Å². The molecule has 2 nitrogen and oxygen atoms in total. The van der Waals surface area contributed by atoms with E-state index in [1.54, 1.807) is 0 Å². The van der Waals surface area contributed by atoms with Gasteiger partial charge in [-0.3, -0.25) is 4.90 Å². The Labute approximate surface area is 74.2 Å². The lowest BCUT2D eigenvalue weighted by molar-refractivity contribution is 0.151. The molecule has 0 bridgehead atoms. The Morgan fingerprint density at radius 1 is 1.25 bits per heavy atom. The van der Waals surface area contributed by atoms with Gasteiger partial charge in [0.2, 0.25) is 0 Å². The van der Waals surface area contributed by atoms with Crippen LogP contribution in [0.15, 0.2) is 0 Å². The fraction of sp³-hybridized carbons (Fsp3) is 0.900. The molecule has 2 heteroatoms. The average Bonchev–Trinajstić information content (AvgIpc) is 2.39. The summed E-state index contributed by atoms with van der Waals surface area (Å²) in [5.41, 5.74) is 0.299. The molecular weight excluding hydrogens is 148 g/mol. The van der Waals surface area contributed by atoms with E-state index in [0.29, 0.717) is 23.3 Å². The number of likely N-dealkylation sites (tertiary alicyclic amines) is 1. The maximum atomic E-state index is 8.73. The molecule has 1 saturated carbocycles.